The summed E-state index contributed by atoms with van der Waals surface area (Å²) in [5.41, 5.74) is 1.04. The first-order chi connectivity index (χ1) is 15.1. The van der Waals surface area contributed by atoms with E-state index in [9.17, 15) is 18.8 Å². The SMILES string of the molecule is CC.CCCN(C(=O)NC=O)c1ccc([N+]2=C(C)CN(C(=O)OC(C)(C)C)CC2)cc1F. The van der Waals surface area contributed by atoms with Gasteiger partial charge in [-0.25, -0.2) is 14.0 Å². The number of rotatable bonds is 5. The molecular formula is C23H36FN4O4+. The first-order valence-electron chi connectivity index (χ1n) is 11.0. The molecule has 1 aromatic carbocycles. The van der Waals surface area contributed by atoms with Crippen LogP contribution in [0.15, 0.2) is 18.2 Å². The Labute approximate surface area is 190 Å². The van der Waals surface area contributed by atoms with E-state index in [1.807, 2.05) is 58.4 Å². The molecular weight excluding hydrogens is 415 g/mol. The lowest BCUT2D eigenvalue weighted by atomic mass is 10.2. The van der Waals surface area contributed by atoms with Gasteiger partial charge < -0.3 is 4.74 Å². The van der Waals surface area contributed by atoms with E-state index in [-0.39, 0.29) is 24.7 Å². The van der Waals surface area contributed by atoms with Crippen LogP contribution < -0.4 is 10.2 Å². The molecule has 0 saturated heterocycles. The van der Waals surface area contributed by atoms with Gasteiger partial charge in [0.1, 0.15) is 12.1 Å². The highest BCUT2D eigenvalue weighted by molar-refractivity contribution is 5.97. The van der Waals surface area contributed by atoms with Crippen LogP contribution >= 0.6 is 0 Å². The fraction of sp³-hybridized carbons (Fsp3) is 0.565. The van der Waals surface area contributed by atoms with E-state index < -0.39 is 17.4 Å². The fourth-order valence-corrected chi connectivity index (χ4v) is 3.25. The van der Waals surface area contributed by atoms with Crippen molar-refractivity contribution in [3.63, 3.8) is 0 Å². The molecule has 0 aromatic heterocycles. The van der Waals surface area contributed by atoms with E-state index >= 15 is 0 Å². The van der Waals surface area contributed by atoms with E-state index in [0.29, 0.717) is 31.7 Å². The largest absolute Gasteiger partial charge is 0.444 e. The van der Waals surface area contributed by atoms with E-state index in [2.05, 4.69) is 0 Å². The molecule has 32 heavy (non-hydrogen) atoms. The first kappa shape index (κ1) is 27.1. The van der Waals surface area contributed by atoms with Gasteiger partial charge in [0.2, 0.25) is 12.1 Å². The van der Waals surface area contributed by atoms with E-state index in [1.165, 1.54) is 17.0 Å². The Balaban J connectivity index is 0.00000249. The standard InChI is InChI=1S/C21H29FN4O4.C2H6/c1-6-9-26(19(28)23-14-27)18-8-7-16(12-17(18)22)25-11-10-24(13-15(25)2)20(29)30-21(3,4)5;1-2/h7-8,12,14H,6,9-11,13H2,1-5H3;1-2H3/p+1. The topological polar surface area (TPSA) is 82.0 Å². The number of ether oxygens (including phenoxy) is 1. The molecule has 0 atom stereocenters. The van der Waals surface area contributed by atoms with Gasteiger partial charge in [0.15, 0.2) is 18.1 Å². The second-order valence-corrected chi connectivity index (χ2v) is 8.14. The van der Waals surface area contributed by atoms with Gasteiger partial charge in [-0.05, 0) is 33.3 Å². The van der Waals surface area contributed by atoms with Crippen molar-refractivity contribution in [3.05, 3.63) is 24.0 Å². The number of imide groups is 1. The Hall–Kier alpha value is -2.97. The molecule has 0 aliphatic carbocycles. The minimum Gasteiger partial charge on any atom is -0.444 e. The molecule has 1 aromatic rings. The molecule has 0 bridgehead atoms. The van der Waals surface area contributed by atoms with Gasteiger partial charge >= 0.3 is 12.1 Å². The predicted octanol–water partition coefficient (Wildman–Crippen LogP) is 4.29. The Bertz CT molecular complexity index is 849. The summed E-state index contributed by atoms with van der Waals surface area (Å²) in [5, 5.41) is 2.05. The number of nitrogens with one attached hydrogen (secondary N) is 1. The number of urea groups is 1. The molecule has 4 amide bonds. The number of anilines is 1. The summed E-state index contributed by atoms with van der Waals surface area (Å²) in [4.78, 5) is 37.8. The van der Waals surface area contributed by atoms with Gasteiger partial charge in [-0.3, -0.25) is 19.9 Å². The highest BCUT2D eigenvalue weighted by Crippen LogP contribution is 2.26. The van der Waals surface area contributed by atoms with Crippen molar-refractivity contribution in [3.8, 4) is 0 Å². The summed E-state index contributed by atoms with van der Waals surface area (Å²) in [6, 6.07) is 3.94. The number of nitrogens with zero attached hydrogens (tertiary/aromatic N) is 3. The molecule has 0 radical (unpaired) electrons. The smallest absolute Gasteiger partial charge is 0.411 e. The summed E-state index contributed by atoms with van der Waals surface area (Å²) in [6.07, 6.45) is 0.506. The molecule has 1 aliphatic heterocycles. The highest BCUT2D eigenvalue weighted by atomic mass is 19.1. The van der Waals surface area contributed by atoms with E-state index in [0.717, 1.165) is 5.71 Å². The molecule has 0 unspecified atom stereocenters. The summed E-state index contributed by atoms with van der Waals surface area (Å²) in [5.74, 6) is -0.565. The zero-order valence-electron chi connectivity index (χ0n) is 20.2. The maximum atomic E-state index is 14.9. The van der Waals surface area contributed by atoms with Crippen LogP contribution in [0.4, 0.5) is 25.4 Å². The van der Waals surface area contributed by atoms with Crippen molar-refractivity contribution in [2.45, 2.75) is 60.5 Å². The van der Waals surface area contributed by atoms with Crippen LogP contribution in [0.2, 0.25) is 0 Å². The number of hydrogen-bond acceptors (Lipinski definition) is 4. The summed E-state index contributed by atoms with van der Waals surface area (Å²) in [7, 11) is 0. The molecule has 2 rings (SSSR count). The van der Waals surface area contributed by atoms with Gasteiger partial charge in [0, 0.05) is 25.6 Å². The third kappa shape index (κ3) is 7.32. The van der Waals surface area contributed by atoms with E-state index in [1.54, 1.807) is 11.0 Å². The Morgan fingerprint density at radius 1 is 1.31 bits per heavy atom. The second-order valence-electron chi connectivity index (χ2n) is 8.14. The number of halogens is 1. The second kappa shape index (κ2) is 12.2. The number of carbonyl (C=O) groups excluding carboxylic acids is 3. The third-order valence-electron chi connectivity index (χ3n) is 4.53. The maximum Gasteiger partial charge on any atom is 0.411 e. The van der Waals surface area contributed by atoms with Gasteiger partial charge in [0.05, 0.1) is 12.2 Å². The Morgan fingerprint density at radius 2 is 1.97 bits per heavy atom. The molecule has 0 fully saturated rings. The van der Waals surface area contributed by atoms with Crippen LogP contribution in [-0.4, -0.2) is 65.5 Å². The van der Waals surface area contributed by atoms with Crippen molar-refractivity contribution in [2.75, 3.05) is 31.1 Å². The normalized spacial score (nSPS) is 13.7. The fourth-order valence-electron chi connectivity index (χ4n) is 3.25. The molecule has 178 valence electrons. The third-order valence-corrected chi connectivity index (χ3v) is 4.53. The number of carbonyl (C=O) groups is 3. The van der Waals surface area contributed by atoms with Crippen LogP contribution in [-0.2, 0) is 9.53 Å². The van der Waals surface area contributed by atoms with Crippen LogP contribution in [0.5, 0.6) is 0 Å². The van der Waals surface area contributed by atoms with Crippen LogP contribution in [0.25, 0.3) is 0 Å². The lowest BCUT2D eigenvalue weighted by molar-refractivity contribution is -0.448. The highest BCUT2D eigenvalue weighted by Gasteiger charge is 2.31. The van der Waals surface area contributed by atoms with Gasteiger partial charge in [-0.15, -0.1) is 0 Å². The quantitative estimate of drug-likeness (QED) is 0.535. The average Bonchev–Trinajstić information content (AvgIpc) is 2.72. The van der Waals surface area contributed by atoms with Crippen LogP contribution in [0.3, 0.4) is 0 Å². The van der Waals surface area contributed by atoms with Crippen LogP contribution in [0, 0.1) is 5.82 Å². The molecule has 0 saturated carbocycles. The van der Waals surface area contributed by atoms with Crippen molar-refractivity contribution in [2.24, 2.45) is 0 Å². The molecule has 1 heterocycles. The average molecular weight is 452 g/mol. The van der Waals surface area contributed by atoms with Crippen molar-refractivity contribution < 1.29 is 28.1 Å². The van der Waals surface area contributed by atoms with Crippen molar-refractivity contribution in [1.82, 2.24) is 10.2 Å². The molecule has 9 heteroatoms. The maximum absolute atomic E-state index is 14.9. The lowest BCUT2D eigenvalue weighted by Crippen LogP contribution is -2.47. The lowest BCUT2D eigenvalue weighted by Gasteiger charge is -2.29. The van der Waals surface area contributed by atoms with E-state index in [4.69, 9.17) is 4.74 Å². The van der Waals surface area contributed by atoms with Crippen molar-refractivity contribution in [1.29, 1.82) is 0 Å². The summed E-state index contributed by atoms with van der Waals surface area (Å²) >= 11 is 0. The van der Waals surface area contributed by atoms with Gasteiger partial charge in [-0.2, -0.15) is 4.58 Å². The Kier molecular flexibility index (Phi) is 10.3. The monoisotopic (exact) mass is 451 g/mol. The Morgan fingerprint density at radius 3 is 2.47 bits per heavy atom. The summed E-state index contributed by atoms with van der Waals surface area (Å²) in [6.45, 7) is 14.8. The van der Waals surface area contributed by atoms with Gasteiger partial charge in [0.25, 0.3) is 0 Å². The predicted molar refractivity (Wildman–Crippen MR) is 123 cm³/mol. The van der Waals surface area contributed by atoms with Gasteiger partial charge in [-0.1, -0.05) is 20.8 Å². The number of amides is 4. The molecule has 0 spiro atoms. The van der Waals surface area contributed by atoms with Crippen molar-refractivity contribution >= 4 is 35.6 Å². The summed E-state index contributed by atoms with van der Waals surface area (Å²) < 4.78 is 22.2. The minimum atomic E-state index is -0.674. The molecule has 1 N–H and O–H groups in total. The zero-order valence-corrected chi connectivity index (χ0v) is 20.2. The number of benzene rings is 1. The molecule has 8 nitrogen and oxygen atoms in total. The zero-order chi connectivity index (χ0) is 24.5. The van der Waals surface area contributed by atoms with Crippen LogP contribution in [0.1, 0.15) is 54.9 Å². The minimum absolute atomic E-state index is 0.102. The first-order valence-corrected chi connectivity index (χ1v) is 11.0. The molecule has 1 aliphatic rings. The number of hydrogen-bond donors (Lipinski definition) is 1.